The summed E-state index contributed by atoms with van der Waals surface area (Å²) in [5.41, 5.74) is 0. The topological polar surface area (TPSA) is 160 Å². The van der Waals surface area contributed by atoms with Gasteiger partial charge in [0.15, 0.2) is 6.10 Å². The number of carbonyl (C=O) groups excluding carboxylic acids is 2. The highest BCUT2D eigenvalue weighted by Gasteiger charge is 2.22. The summed E-state index contributed by atoms with van der Waals surface area (Å²) in [6.07, 6.45) is 48.1. The van der Waals surface area contributed by atoms with Crippen molar-refractivity contribution in [2.75, 3.05) is 13.2 Å². The van der Waals surface area contributed by atoms with Crippen LogP contribution in [-0.4, -0.2) is 63.5 Å². The maximum absolute atomic E-state index is 12.4. The second-order valence-electron chi connectivity index (χ2n) is 14.7. The number of carbonyl (C=O) groups is 2. The molecule has 3 atom stereocenters. The van der Waals surface area contributed by atoms with Crippen LogP contribution in [0.3, 0.4) is 0 Å². The summed E-state index contributed by atoms with van der Waals surface area (Å²) >= 11 is 0. The molecule has 0 aliphatic rings. The quantitative estimate of drug-likeness (QED) is 0.0154. The Hall–Kier alpha value is -2.85. The number of ether oxygens (including phenoxy) is 2. The smallest absolute Gasteiger partial charge is 0.462 e. The monoisotopic (exact) mass is 835 g/mol. The second-order valence-corrected chi connectivity index (χ2v) is 15.9. The fraction of sp³-hybridized carbons (Fsp3) is 0.660. The summed E-state index contributed by atoms with van der Waals surface area (Å²) in [5, 5.41) is 19.9. The van der Waals surface area contributed by atoms with Crippen molar-refractivity contribution in [2.45, 2.75) is 186 Å². The number of esters is 2. The van der Waals surface area contributed by atoms with E-state index in [-0.39, 0.29) is 19.4 Å². The molecule has 0 aliphatic heterocycles. The maximum Gasteiger partial charge on any atom is 0.469 e. The van der Waals surface area contributed by atoms with Crippen molar-refractivity contribution in [3.05, 3.63) is 85.1 Å². The highest BCUT2D eigenvalue weighted by atomic mass is 31.2. The molecule has 0 bridgehead atoms. The lowest BCUT2D eigenvalue weighted by atomic mass is 10.1. The highest BCUT2D eigenvalue weighted by molar-refractivity contribution is 7.46. The van der Waals surface area contributed by atoms with Gasteiger partial charge in [-0.25, -0.2) is 4.57 Å². The number of allylic oxidation sites excluding steroid dienone is 10. The fourth-order valence-corrected chi connectivity index (χ4v) is 6.12. The van der Waals surface area contributed by atoms with E-state index in [4.69, 9.17) is 19.3 Å². The molecule has 0 aromatic rings. The Morgan fingerprint density at radius 3 is 1.72 bits per heavy atom. The van der Waals surface area contributed by atoms with Gasteiger partial charge in [0.1, 0.15) is 6.61 Å². The summed E-state index contributed by atoms with van der Waals surface area (Å²) < 4.78 is 26.3. The van der Waals surface area contributed by atoms with Gasteiger partial charge in [-0.3, -0.25) is 14.1 Å². The Morgan fingerprint density at radius 2 is 1.12 bits per heavy atom. The highest BCUT2D eigenvalue weighted by Crippen LogP contribution is 2.36. The molecule has 0 amide bonds. The lowest BCUT2D eigenvalue weighted by Gasteiger charge is -2.18. The zero-order valence-corrected chi connectivity index (χ0v) is 36.8. The van der Waals surface area contributed by atoms with E-state index in [1.54, 1.807) is 30.4 Å². The predicted octanol–water partition coefficient (Wildman–Crippen LogP) is 11.6. The molecule has 0 unspecified atom stereocenters. The minimum Gasteiger partial charge on any atom is -0.462 e. The number of unbranched alkanes of at least 4 members (excludes halogenated alkanes) is 16. The van der Waals surface area contributed by atoms with Crippen LogP contribution in [0.5, 0.6) is 0 Å². The molecule has 0 heterocycles. The van der Waals surface area contributed by atoms with Gasteiger partial charge in [-0.15, -0.1) is 0 Å². The van der Waals surface area contributed by atoms with Gasteiger partial charge in [-0.05, 0) is 64.2 Å². The molecule has 11 heteroatoms. The third kappa shape index (κ3) is 42.7. The van der Waals surface area contributed by atoms with E-state index in [9.17, 15) is 24.4 Å². The van der Waals surface area contributed by atoms with Crippen LogP contribution in [0.15, 0.2) is 85.1 Å². The molecule has 0 aliphatic carbocycles. The largest absolute Gasteiger partial charge is 0.469 e. The van der Waals surface area contributed by atoms with E-state index < -0.39 is 44.7 Å². The molecular formula is C47H79O10P. The van der Waals surface area contributed by atoms with Gasteiger partial charge in [0, 0.05) is 12.8 Å². The molecule has 0 saturated heterocycles. The van der Waals surface area contributed by atoms with Crippen LogP contribution >= 0.6 is 7.82 Å². The zero-order chi connectivity index (χ0) is 42.8. The first-order valence-electron chi connectivity index (χ1n) is 22.1. The Morgan fingerprint density at radius 1 is 0.569 bits per heavy atom. The van der Waals surface area contributed by atoms with Crippen LogP contribution in [0.4, 0.5) is 0 Å². The molecule has 0 rings (SSSR count). The molecule has 332 valence electrons. The van der Waals surface area contributed by atoms with E-state index >= 15 is 0 Å². The van der Waals surface area contributed by atoms with Crippen molar-refractivity contribution >= 4 is 19.8 Å². The summed E-state index contributed by atoms with van der Waals surface area (Å²) in [4.78, 5) is 42.9. The van der Waals surface area contributed by atoms with Crippen LogP contribution in [0.1, 0.15) is 168 Å². The second kappa shape index (κ2) is 40.9. The maximum atomic E-state index is 12.4. The number of phosphoric ester groups is 1. The average molecular weight is 835 g/mol. The van der Waals surface area contributed by atoms with Gasteiger partial charge in [-0.1, -0.05) is 176 Å². The summed E-state index contributed by atoms with van der Waals surface area (Å²) in [6.45, 7) is 3.33. The van der Waals surface area contributed by atoms with Gasteiger partial charge >= 0.3 is 19.8 Å². The summed E-state index contributed by atoms with van der Waals surface area (Å²) in [6, 6.07) is 0. The van der Waals surface area contributed by atoms with Crippen LogP contribution < -0.4 is 0 Å². The molecule has 0 radical (unpaired) electrons. The number of phosphoric acid groups is 1. The first kappa shape index (κ1) is 55.2. The lowest BCUT2D eigenvalue weighted by molar-refractivity contribution is -0.161. The Bertz CT molecular complexity index is 1250. The fourth-order valence-electron chi connectivity index (χ4n) is 5.75. The number of aliphatic hydroxyl groups excluding tert-OH is 2. The summed E-state index contributed by atoms with van der Waals surface area (Å²) in [5.74, 6) is -1.07. The third-order valence-corrected chi connectivity index (χ3v) is 9.56. The number of hydrogen-bond donors (Lipinski definition) is 4. The van der Waals surface area contributed by atoms with Gasteiger partial charge < -0.3 is 29.5 Å². The van der Waals surface area contributed by atoms with Crippen molar-refractivity contribution in [3.8, 4) is 0 Å². The van der Waals surface area contributed by atoms with Crippen molar-refractivity contribution in [1.29, 1.82) is 0 Å². The average Bonchev–Trinajstić information content (AvgIpc) is 3.18. The van der Waals surface area contributed by atoms with Crippen molar-refractivity contribution in [2.24, 2.45) is 0 Å². The molecule has 0 aromatic carbocycles. The standard InChI is InChI=1S/C47H79O10P/c1-3-5-7-8-9-10-11-12-13-14-15-16-17-18-19-20-24-27-33-39-46(50)55-41-45(42-56-58(52,53)54)57-47(51)40-34-28-32-38-44(49)37-31-26-23-21-22-25-30-36-43(48)35-29-6-4-2/h6,12-13,22-23,25-26,29-32,36-38,43-45,48-49H,3-5,7-11,14-21,24,27-28,33-35,39-42H2,1-2H3,(H2,52,53,54)/b13-12-,25-22-,26-23-,29-6-,36-30+,37-31+,38-32-/t43-,44-,45+/m0/s1. The molecule has 10 nitrogen and oxygen atoms in total. The first-order chi connectivity index (χ1) is 28.1. The number of hydrogen-bond acceptors (Lipinski definition) is 8. The van der Waals surface area contributed by atoms with Crippen LogP contribution in [0.2, 0.25) is 0 Å². The minimum atomic E-state index is -4.82. The van der Waals surface area contributed by atoms with Crippen molar-refractivity contribution < 1.29 is 48.2 Å². The van der Waals surface area contributed by atoms with Crippen LogP contribution in [-0.2, 0) is 28.2 Å². The molecule has 4 N–H and O–H groups in total. The normalized spacial score (nSPS) is 14.4. The van der Waals surface area contributed by atoms with E-state index in [0.29, 0.717) is 32.1 Å². The Labute approximate surface area is 351 Å². The van der Waals surface area contributed by atoms with E-state index in [0.717, 1.165) is 25.7 Å². The van der Waals surface area contributed by atoms with Crippen LogP contribution in [0, 0.1) is 0 Å². The molecule has 0 saturated carbocycles. The van der Waals surface area contributed by atoms with E-state index in [2.05, 4.69) is 30.5 Å². The SMILES string of the molecule is CC/C=C\C[C@H](O)/C=C/C=C\C/C=C\C=C\[C@H](O)/C=C\CCCC(=O)O[C@H](COC(=O)CCCCCCCCCCC/C=C\CCCCCCCC)COP(=O)(O)O. The first-order valence-corrected chi connectivity index (χ1v) is 23.6. The van der Waals surface area contributed by atoms with Crippen molar-refractivity contribution in [3.63, 3.8) is 0 Å². The van der Waals surface area contributed by atoms with E-state index in [1.165, 1.54) is 83.5 Å². The Kier molecular flexibility index (Phi) is 38.9. The third-order valence-electron chi connectivity index (χ3n) is 9.07. The van der Waals surface area contributed by atoms with Crippen LogP contribution in [0.25, 0.3) is 0 Å². The van der Waals surface area contributed by atoms with Gasteiger partial charge in [0.05, 0.1) is 18.8 Å². The molecule has 0 fully saturated rings. The lowest BCUT2D eigenvalue weighted by Crippen LogP contribution is -2.29. The van der Waals surface area contributed by atoms with Gasteiger partial charge in [0.25, 0.3) is 0 Å². The Balaban J connectivity index is 4.15. The van der Waals surface area contributed by atoms with Gasteiger partial charge in [0.2, 0.25) is 0 Å². The minimum absolute atomic E-state index is 0.0215. The number of rotatable bonds is 39. The van der Waals surface area contributed by atoms with E-state index in [1.807, 2.05) is 42.5 Å². The van der Waals surface area contributed by atoms with Crippen molar-refractivity contribution in [1.82, 2.24) is 0 Å². The zero-order valence-electron chi connectivity index (χ0n) is 35.9. The predicted molar refractivity (Wildman–Crippen MR) is 237 cm³/mol. The molecule has 0 spiro atoms. The molecule has 0 aromatic heterocycles. The molecule has 58 heavy (non-hydrogen) atoms. The van der Waals surface area contributed by atoms with Gasteiger partial charge in [-0.2, -0.15) is 0 Å². The summed E-state index contributed by atoms with van der Waals surface area (Å²) in [7, 11) is -4.82. The number of aliphatic hydroxyl groups is 2. The molecular weight excluding hydrogens is 755 g/mol.